The highest BCUT2D eigenvalue weighted by Gasteiger charge is 2.24. The summed E-state index contributed by atoms with van der Waals surface area (Å²) in [6, 6.07) is 15.0. The van der Waals surface area contributed by atoms with Crippen LogP contribution >= 0.6 is 0 Å². The number of nitrogens with two attached hydrogens (primary N) is 2. The molecule has 5 N–H and O–H groups in total. The number of sulfonamides is 2. The summed E-state index contributed by atoms with van der Waals surface area (Å²) in [5.41, 5.74) is 3.03. The van der Waals surface area contributed by atoms with Crippen molar-refractivity contribution in [2.24, 2.45) is 10.3 Å². The fraction of sp³-hybridized carbons (Fsp3) is 0.341. The predicted octanol–water partition coefficient (Wildman–Crippen LogP) is 7.45. The zero-order chi connectivity index (χ0) is 43.6. The van der Waals surface area contributed by atoms with Gasteiger partial charge in [-0.15, -0.1) is 0 Å². The molecule has 0 fully saturated rings. The molecule has 0 unspecified atom stereocenters. The molecule has 5 rings (SSSR count). The monoisotopic (exact) mass is 864 g/mol. The first-order valence-corrected chi connectivity index (χ1v) is 22.5. The minimum atomic E-state index is -3.80. The van der Waals surface area contributed by atoms with Gasteiger partial charge in [0.2, 0.25) is 25.5 Å². The largest absolute Gasteiger partial charge is 0.507 e. The highest BCUT2D eigenvalue weighted by atomic mass is 32.2. The highest BCUT2D eigenvalue weighted by molar-refractivity contribution is 7.89. The van der Waals surface area contributed by atoms with Gasteiger partial charge in [0.1, 0.15) is 39.6 Å². The molecule has 1 aromatic heterocycles. The standard InChI is InChI=1S/C44H52N2O12S2/c1-28(2)10-20-34-36(56-24-8-6-22-54-30-12-16-32(17-13-30)59(45,49)50)26-38-41(42(34)47)43(48)40-35(21-11-29(3)4)44(53-5)39(27-37(40)58-38)57-25-9-7-23-55-31-14-18-33(19-15-31)60(46,51)52/h10-19,26-27,47H,6-9,20-25H2,1-5H3,(H2,45,49,50)(H2,46,51,52). The molecule has 4 aromatic carbocycles. The lowest BCUT2D eigenvalue weighted by Gasteiger charge is -2.18. The molecule has 14 nitrogen and oxygen atoms in total. The molecule has 0 atom stereocenters. The molecule has 0 saturated carbocycles. The van der Waals surface area contributed by atoms with Gasteiger partial charge >= 0.3 is 0 Å². The maximum atomic E-state index is 14.5. The van der Waals surface area contributed by atoms with Crippen LogP contribution < -0.4 is 39.4 Å². The van der Waals surface area contributed by atoms with Gasteiger partial charge in [0.25, 0.3) is 0 Å². The van der Waals surface area contributed by atoms with Crippen molar-refractivity contribution < 1.29 is 50.0 Å². The van der Waals surface area contributed by atoms with Crippen LogP contribution in [0.4, 0.5) is 0 Å². The van der Waals surface area contributed by atoms with Crippen LogP contribution in [0.5, 0.6) is 34.5 Å². The van der Waals surface area contributed by atoms with Gasteiger partial charge in [-0.1, -0.05) is 23.3 Å². The summed E-state index contributed by atoms with van der Waals surface area (Å²) in [6.07, 6.45) is 7.00. The number of hydrogen-bond acceptors (Lipinski definition) is 12. The molecule has 0 aliphatic rings. The van der Waals surface area contributed by atoms with Crippen molar-refractivity contribution in [1.82, 2.24) is 0 Å². The Kier molecular flexibility index (Phi) is 15.3. The molecular formula is C44H52N2O12S2. The molecule has 0 aliphatic carbocycles. The SMILES string of the molecule is COc1c(OCCCCOc2ccc(S(N)(=O)=O)cc2)cc2oc3cc(OCCCCOc4ccc(S(N)(=O)=O)cc4)c(CC=C(C)C)c(O)c3c(=O)c2c1CC=C(C)C. The number of benzene rings is 4. The minimum Gasteiger partial charge on any atom is -0.507 e. The van der Waals surface area contributed by atoms with Gasteiger partial charge in [0.05, 0.1) is 48.7 Å². The number of phenolic OH excluding ortho intramolecular Hbond substituents is 1. The Morgan fingerprint density at radius 3 is 1.50 bits per heavy atom. The van der Waals surface area contributed by atoms with E-state index in [1.165, 1.54) is 31.4 Å². The Balaban J connectivity index is 1.37. The molecule has 0 aliphatic heterocycles. The van der Waals surface area contributed by atoms with Crippen molar-refractivity contribution in [2.45, 2.75) is 76.0 Å². The lowest BCUT2D eigenvalue weighted by Crippen LogP contribution is -2.11. The first kappa shape index (κ1) is 45.5. The second-order valence-corrected chi connectivity index (χ2v) is 17.7. The topological polar surface area (TPSA) is 217 Å². The average molecular weight is 865 g/mol. The van der Waals surface area contributed by atoms with Crippen molar-refractivity contribution in [2.75, 3.05) is 33.5 Å². The van der Waals surface area contributed by atoms with Crippen molar-refractivity contribution in [3.05, 3.63) is 105 Å². The third-order valence-corrected chi connectivity index (χ3v) is 11.2. The number of phenols is 1. The Hall–Kier alpha value is -5.55. The summed E-state index contributed by atoms with van der Waals surface area (Å²) < 4.78 is 82.3. The van der Waals surface area contributed by atoms with Gasteiger partial charge < -0.3 is 33.2 Å². The minimum absolute atomic E-state index is 0.00113. The lowest BCUT2D eigenvalue weighted by atomic mass is 9.98. The molecule has 322 valence electrons. The van der Waals surface area contributed by atoms with E-state index in [0.717, 1.165) is 11.1 Å². The maximum Gasteiger partial charge on any atom is 0.238 e. The zero-order valence-corrected chi connectivity index (χ0v) is 36.0. The van der Waals surface area contributed by atoms with Gasteiger partial charge in [0.15, 0.2) is 11.5 Å². The zero-order valence-electron chi connectivity index (χ0n) is 34.4. The van der Waals surface area contributed by atoms with Gasteiger partial charge in [-0.05, 0) is 115 Å². The Morgan fingerprint density at radius 2 is 1.05 bits per heavy atom. The van der Waals surface area contributed by atoms with E-state index in [4.69, 9.17) is 38.4 Å². The molecule has 0 amide bonds. The van der Waals surface area contributed by atoms with Crippen LogP contribution in [-0.4, -0.2) is 55.5 Å². The summed E-state index contributed by atoms with van der Waals surface area (Å²) >= 11 is 0. The van der Waals surface area contributed by atoms with Gasteiger partial charge in [-0.3, -0.25) is 4.79 Å². The molecule has 0 spiro atoms. The average Bonchev–Trinajstić information content (AvgIpc) is 3.18. The first-order valence-electron chi connectivity index (χ1n) is 19.4. The number of primary sulfonamides is 2. The van der Waals surface area contributed by atoms with Crippen molar-refractivity contribution in [3.63, 3.8) is 0 Å². The number of hydrogen-bond donors (Lipinski definition) is 3. The summed E-state index contributed by atoms with van der Waals surface area (Å²) in [7, 11) is -6.08. The van der Waals surface area contributed by atoms with Crippen LogP contribution in [0.15, 0.2) is 103 Å². The van der Waals surface area contributed by atoms with Crippen LogP contribution in [0, 0.1) is 0 Å². The lowest BCUT2D eigenvalue weighted by molar-refractivity contribution is 0.258. The van der Waals surface area contributed by atoms with E-state index in [9.17, 15) is 26.7 Å². The van der Waals surface area contributed by atoms with Gasteiger partial charge in [-0.25, -0.2) is 27.1 Å². The fourth-order valence-electron chi connectivity index (χ4n) is 6.27. The smallest absolute Gasteiger partial charge is 0.238 e. The predicted molar refractivity (Wildman–Crippen MR) is 231 cm³/mol. The number of unbranched alkanes of at least 4 members (excludes halogenated alkanes) is 2. The Morgan fingerprint density at radius 1 is 0.633 bits per heavy atom. The van der Waals surface area contributed by atoms with Gasteiger partial charge in [-0.2, -0.15) is 0 Å². The van der Waals surface area contributed by atoms with Gasteiger partial charge in [0, 0.05) is 23.3 Å². The molecular weight excluding hydrogens is 813 g/mol. The van der Waals surface area contributed by atoms with Crippen LogP contribution in [-0.2, 0) is 32.9 Å². The van der Waals surface area contributed by atoms with Crippen molar-refractivity contribution in [3.8, 4) is 34.5 Å². The summed E-state index contributed by atoms with van der Waals surface area (Å²) in [5.74, 6) is 1.92. The number of methoxy groups -OCH3 is 1. The Bertz CT molecular complexity index is 2650. The molecule has 60 heavy (non-hydrogen) atoms. The van der Waals surface area contributed by atoms with E-state index < -0.39 is 25.5 Å². The van der Waals surface area contributed by atoms with E-state index in [-0.39, 0.29) is 50.7 Å². The first-order chi connectivity index (χ1) is 28.5. The van der Waals surface area contributed by atoms with E-state index in [0.29, 0.717) is 91.6 Å². The quantitative estimate of drug-likeness (QED) is 0.0372. The highest BCUT2D eigenvalue weighted by Crippen LogP contribution is 2.42. The van der Waals surface area contributed by atoms with Crippen LogP contribution in [0.2, 0.25) is 0 Å². The molecule has 5 aromatic rings. The fourth-order valence-corrected chi connectivity index (χ4v) is 7.30. The third kappa shape index (κ3) is 11.8. The van der Waals surface area contributed by atoms with E-state index in [1.54, 1.807) is 36.4 Å². The molecule has 0 bridgehead atoms. The second kappa shape index (κ2) is 20.1. The molecule has 0 radical (unpaired) electrons. The van der Waals surface area contributed by atoms with Crippen molar-refractivity contribution >= 4 is 42.0 Å². The summed E-state index contributed by atoms with van der Waals surface area (Å²) in [5, 5.41) is 22.4. The normalized spacial score (nSPS) is 11.7. The maximum absolute atomic E-state index is 14.5. The van der Waals surface area contributed by atoms with Crippen LogP contribution in [0.1, 0.15) is 64.5 Å². The number of allylic oxidation sites excluding steroid dienone is 4. The van der Waals surface area contributed by atoms with E-state index in [1.807, 2.05) is 39.8 Å². The number of aromatic hydroxyl groups is 1. The summed E-state index contributed by atoms with van der Waals surface area (Å²) in [6.45, 7) is 9.07. The molecule has 16 heteroatoms. The number of fused-ring (bicyclic) bond motifs is 2. The number of ether oxygens (including phenoxy) is 5. The van der Waals surface area contributed by atoms with Crippen LogP contribution in [0.3, 0.4) is 0 Å². The third-order valence-electron chi connectivity index (χ3n) is 9.38. The Labute approximate surface area is 350 Å². The van der Waals surface area contributed by atoms with Crippen LogP contribution in [0.25, 0.3) is 21.9 Å². The number of rotatable bonds is 21. The van der Waals surface area contributed by atoms with E-state index >= 15 is 0 Å². The molecule has 0 saturated heterocycles. The summed E-state index contributed by atoms with van der Waals surface area (Å²) in [4.78, 5) is 14.5. The second-order valence-electron chi connectivity index (χ2n) is 14.6. The molecule has 1 heterocycles. The van der Waals surface area contributed by atoms with E-state index in [2.05, 4.69) is 0 Å². The van der Waals surface area contributed by atoms with Crippen molar-refractivity contribution in [1.29, 1.82) is 0 Å².